The molecular formula is C25H29N9. The van der Waals surface area contributed by atoms with Crippen LogP contribution >= 0.6 is 0 Å². The van der Waals surface area contributed by atoms with Crippen LogP contribution in [0.4, 0.5) is 11.5 Å². The van der Waals surface area contributed by atoms with E-state index in [4.69, 9.17) is 10.1 Å². The zero-order chi connectivity index (χ0) is 22.8. The van der Waals surface area contributed by atoms with Crippen molar-refractivity contribution in [3.8, 4) is 6.19 Å². The van der Waals surface area contributed by atoms with Gasteiger partial charge in [-0.2, -0.15) is 5.26 Å². The number of nitrogens with one attached hydrogen (secondary N) is 1. The van der Waals surface area contributed by atoms with Gasteiger partial charge in [0.25, 0.3) is 0 Å². The van der Waals surface area contributed by atoms with E-state index < -0.39 is 0 Å². The van der Waals surface area contributed by atoms with Gasteiger partial charge < -0.3 is 9.80 Å². The highest BCUT2D eigenvalue weighted by Crippen LogP contribution is 2.27. The number of aliphatic imine (C=N–C) groups is 1. The monoisotopic (exact) mass is 455 g/mol. The van der Waals surface area contributed by atoms with Crippen LogP contribution in [0.3, 0.4) is 0 Å². The summed E-state index contributed by atoms with van der Waals surface area (Å²) in [5.41, 5.74) is 2.49. The number of hydrogen-bond donors (Lipinski definition) is 1. The molecule has 4 aromatic rings. The van der Waals surface area contributed by atoms with Gasteiger partial charge in [0.2, 0.25) is 5.96 Å². The lowest BCUT2D eigenvalue weighted by atomic mass is 9.99. The second kappa shape index (κ2) is 9.75. The molecule has 3 aromatic heterocycles. The lowest BCUT2D eigenvalue weighted by Gasteiger charge is -2.44. The molecule has 9 heteroatoms. The fraction of sp³-hybridized carbons (Fsp3) is 0.320. The SMILES string of the molecule is C.CC(C)[C@H]1CN(c2ccc3nccn3n2)CCN1C(=Nc1cccc2ncccc12)NC#N. The second-order valence-corrected chi connectivity index (χ2v) is 8.39. The van der Waals surface area contributed by atoms with E-state index in [0.29, 0.717) is 18.4 Å². The Morgan fingerprint density at radius 2 is 2.00 bits per heavy atom. The number of anilines is 1. The van der Waals surface area contributed by atoms with Gasteiger partial charge >= 0.3 is 0 Å². The number of piperazine rings is 1. The number of benzene rings is 1. The average molecular weight is 456 g/mol. The maximum atomic E-state index is 9.48. The number of aromatic nitrogens is 4. The fourth-order valence-corrected chi connectivity index (χ4v) is 4.34. The molecule has 0 unspecified atom stereocenters. The molecule has 0 radical (unpaired) electrons. The molecule has 0 bridgehead atoms. The topological polar surface area (TPSA) is 97.7 Å². The van der Waals surface area contributed by atoms with Crippen molar-refractivity contribution in [2.75, 3.05) is 24.5 Å². The van der Waals surface area contributed by atoms with Crippen molar-refractivity contribution < 1.29 is 0 Å². The van der Waals surface area contributed by atoms with Crippen molar-refractivity contribution in [3.63, 3.8) is 0 Å². The molecule has 1 saturated heterocycles. The van der Waals surface area contributed by atoms with Crippen molar-refractivity contribution in [1.29, 1.82) is 5.26 Å². The molecule has 0 saturated carbocycles. The number of rotatable bonds is 3. The Morgan fingerprint density at radius 3 is 2.82 bits per heavy atom. The summed E-state index contributed by atoms with van der Waals surface area (Å²) < 4.78 is 1.80. The first kappa shape index (κ1) is 23.0. The van der Waals surface area contributed by atoms with E-state index in [9.17, 15) is 5.26 Å². The maximum absolute atomic E-state index is 9.48. The predicted molar refractivity (Wildman–Crippen MR) is 135 cm³/mol. The molecule has 0 spiro atoms. The largest absolute Gasteiger partial charge is 0.351 e. The Balaban J connectivity index is 0.00000274. The standard InChI is InChI=1S/C24H25N9.CH4/c1-17(2)21-15-31(23-9-8-22-27-11-12-33(22)30-23)13-14-32(21)24(28-16-25)29-20-7-3-6-19-18(20)5-4-10-26-19;/h3-12,17,21H,13-15H2,1-2H3,(H,28,29);1H4/t21-;/m1./s1. The first-order chi connectivity index (χ1) is 16.1. The van der Waals surface area contributed by atoms with Gasteiger partial charge in [-0.1, -0.05) is 27.3 Å². The third kappa shape index (κ3) is 4.35. The summed E-state index contributed by atoms with van der Waals surface area (Å²) in [6, 6.07) is 13.9. The first-order valence-electron chi connectivity index (χ1n) is 11.0. The summed E-state index contributed by atoms with van der Waals surface area (Å²) in [6.45, 7) is 6.63. The Kier molecular flexibility index (Phi) is 6.59. The Labute approximate surface area is 199 Å². The summed E-state index contributed by atoms with van der Waals surface area (Å²) >= 11 is 0. The second-order valence-electron chi connectivity index (χ2n) is 8.39. The molecule has 4 heterocycles. The number of guanidine groups is 1. The van der Waals surface area contributed by atoms with Crippen molar-refractivity contribution in [1.82, 2.24) is 29.8 Å². The molecular weight excluding hydrogens is 426 g/mol. The van der Waals surface area contributed by atoms with Crippen LogP contribution in [0, 0.1) is 17.4 Å². The minimum Gasteiger partial charge on any atom is -0.351 e. The van der Waals surface area contributed by atoms with Crippen LogP contribution in [0.2, 0.25) is 0 Å². The number of fused-ring (bicyclic) bond motifs is 2. The highest BCUT2D eigenvalue weighted by molar-refractivity contribution is 5.94. The predicted octanol–water partition coefficient (Wildman–Crippen LogP) is 3.82. The Hall–Kier alpha value is -4.19. The van der Waals surface area contributed by atoms with E-state index in [1.165, 1.54) is 0 Å². The number of imidazole rings is 1. The zero-order valence-electron chi connectivity index (χ0n) is 18.6. The number of nitriles is 1. The Bertz CT molecular complexity index is 1350. The fourth-order valence-electron chi connectivity index (χ4n) is 4.34. The van der Waals surface area contributed by atoms with Crippen molar-refractivity contribution in [2.24, 2.45) is 10.9 Å². The molecule has 1 aliphatic heterocycles. The van der Waals surface area contributed by atoms with Gasteiger partial charge in [0.05, 0.1) is 17.2 Å². The first-order valence-corrected chi connectivity index (χ1v) is 11.0. The van der Waals surface area contributed by atoms with Crippen LogP contribution in [0.5, 0.6) is 0 Å². The van der Waals surface area contributed by atoms with E-state index in [-0.39, 0.29) is 13.5 Å². The smallest absolute Gasteiger partial charge is 0.213 e. The lowest BCUT2D eigenvalue weighted by molar-refractivity contribution is 0.219. The van der Waals surface area contributed by atoms with Gasteiger partial charge in [0.1, 0.15) is 5.82 Å². The van der Waals surface area contributed by atoms with Crippen LogP contribution in [0.15, 0.2) is 66.0 Å². The van der Waals surface area contributed by atoms with E-state index in [1.807, 2.05) is 48.7 Å². The number of pyridine rings is 1. The van der Waals surface area contributed by atoms with E-state index >= 15 is 0 Å². The molecule has 1 atom stereocenters. The van der Waals surface area contributed by atoms with Crippen molar-refractivity contribution in [2.45, 2.75) is 27.3 Å². The Morgan fingerprint density at radius 1 is 1.12 bits per heavy atom. The molecule has 174 valence electrons. The molecule has 1 aromatic carbocycles. The highest BCUT2D eigenvalue weighted by atomic mass is 15.4. The maximum Gasteiger partial charge on any atom is 0.213 e. The van der Waals surface area contributed by atoms with Gasteiger partial charge in [0.15, 0.2) is 11.8 Å². The normalized spacial score (nSPS) is 16.5. The lowest BCUT2D eigenvalue weighted by Crippen LogP contribution is -2.59. The van der Waals surface area contributed by atoms with Crippen LogP contribution in [-0.4, -0.2) is 56.1 Å². The van der Waals surface area contributed by atoms with Gasteiger partial charge in [0, 0.05) is 43.6 Å². The summed E-state index contributed by atoms with van der Waals surface area (Å²) in [6.07, 6.45) is 7.46. The van der Waals surface area contributed by atoms with Gasteiger partial charge in [-0.15, -0.1) is 5.10 Å². The zero-order valence-corrected chi connectivity index (χ0v) is 18.6. The third-order valence-electron chi connectivity index (χ3n) is 6.04. The minimum absolute atomic E-state index is 0. The van der Waals surface area contributed by atoms with E-state index in [2.05, 4.69) is 45.1 Å². The summed E-state index contributed by atoms with van der Waals surface area (Å²) in [5, 5.41) is 18.0. The minimum atomic E-state index is 0. The van der Waals surface area contributed by atoms with Gasteiger partial charge in [-0.05, 0) is 42.3 Å². The molecule has 0 aliphatic carbocycles. The molecule has 0 amide bonds. The van der Waals surface area contributed by atoms with Gasteiger partial charge in [-0.3, -0.25) is 10.3 Å². The molecule has 1 N–H and O–H groups in total. The van der Waals surface area contributed by atoms with Crippen LogP contribution in [0.25, 0.3) is 16.6 Å². The van der Waals surface area contributed by atoms with Crippen LogP contribution < -0.4 is 10.2 Å². The number of hydrogen-bond acceptors (Lipinski definition) is 6. The van der Waals surface area contributed by atoms with Crippen LogP contribution in [0.1, 0.15) is 21.3 Å². The van der Waals surface area contributed by atoms with Crippen LogP contribution in [-0.2, 0) is 0 Å². The highest BCUT2D eigenvalue weighted by Gasteiger charge is 2.32. The molecule has 34 heavy (non-hydrogen) atoms. The van der Waals surface area contributed by atoms with Gasteiger partial charge in [-0.25, -0.2) is 14.5 Å². The summed E-state index contributed by atoms with van der Waals surface area (Å²) in [4.78, 5) is 18.1. The average Bonchev–Trinajstić information content (AvgIpc) is 3.31. The summed E-state index contributed by atoms with van der Waals surface area (Å²) in [5.74, 6) is 1.81. The third-order valence-corrected chi connectivity index (χ3v) is 6.04. The van der Waals surface area contributed by atoms with E-state index in [1.54, 1.807) is 16.9 Å². The van der Waals surface area contributed by atoms with Crippen molar-refractivity contribution >= 4 is 34.0 Å². The van der Waals surface area contributed by atoms with Crippen molar-refractivity contribution in [3.05, 3.63) is 61.1 Å². The van der Waals surface area contributed by atoms with E-state index in [0.717, 1.165) is 41.1 Å². The quantitative estimate of drug-likeness (QED) is 0.217. The summed E-state index contributed by atoms with van der Waals surface area (Å²) in [7, 11) is 0. The molecule has 1 aliphatic rings. The molecule has 5 rings (SSSR count). The number of nitrogens with zero attached hydrogens (tertiary/aromatic N) is 8. The molecule has 1 fully saturated rings. The molecule has 9 nitrogen and oxygen atoms in total.